The van der Waals surface area contributed by atoms with Gasteiger partial charge in [0.05, 0.1) is 12.2 Å². The van der Waals surface area contributed by atoms with Crippen LogP contribution in [0, 0.1) is 23.7 Å². The highest BCUT2D eigenvalue weighted by molar-refractivity contribution is 5.95. The molecule has 0 saturated heterocycles. The van der Waals surface area contributed by atoms with Crippen LogP contribution in [0.5, 0.6) is 0 Å². The van der Waals surface area contributed by atoms with Gasteiger partial charge >= 0.3 is 11.9 Å². The largest absolute Gasteiger partial charge is 0.481 e. The van der Waals surface area contributed by atoms with Crippen molar-refractivity contribution in [2.75, 3.05) is 0 Å². The van der Waals surface area contributed by atoms with E-state index in [-0.39, 0.29) is 48.1 Å². The van der Waals surface area contributed by atoms with Gasteiger partial charge in [-0.15, -0.1) is 0 Å². The van der Waals surface area contributed by atoms with E-state index in [1.807, 2.05) is 48.6 Å². The Morgan fingerprint density at radius 2 is 1.17 bits per heavy atom. The summed E-state index contributed by atoms with van der Waals surface area (Å²) in [7, 11) is 0. The molecular weight excluding hydrogens is 608 g/mol. The van der Waals surface area contributed by atoms with Gasteiger partial charge in [-0.2, -0.15) is 0 Å². The third-order valence-corrected chi connectivity index (χ3v) is 8.92. The average Bonchev–Trinajstić information content (AvgIpc) is 3.59. The van der Waals surface area contributed by atoms with Crippen molar-refractivity contribution in [2.45, 2.75) is 142 Å². The van der Waals surface area contributed by atoms with Crippen LogP contribution in [-0.4, -0.2) is 56.1 Å². The van der Waals surface area contributed by atoms with E-state index in [0.29, 0.717) is 19.3 Å². The zero-order chi connectivity index (χ0) is 35.6. The number of ketones is 2. The summed E-state index contributed by atoms with van der Waals surface area (Å²) in [5, 5.41) is 37.1. The molecule has 0 aromatic carbocycles. The molecule has 0 amide bonds. The standard InChI is InChI=1S/C20H32O4.C20H30O4/c2*1-2-3-6-9-17(21)14-12-16-13-15-19(22)18(16)10-7-4-5-8-11-20(23)24/h12-18,21H,2-11H2,1H3,(H,23,24);4,7,12-18,21H,2-3,5-6,8-11H2,1H3,(H,23,24)/b14-12+;7-4-,14-12+/t2*16-,17-,18+/m00/s1. The van der Waals surface area contributed by atoms with Gasteiger partial charge in [0.1, 0.15) is 0 Å². The molecule has 0 radical (unpaired) electrons. The third kappa shape index (κ3) is 20.3. The van der Waals surface area contributed by atoms with Crippen LogP contribution < -0.4 is 0 Å². The van der Waals surface area contributed by atoms with Crippen LogP contribution in [0.25, 0.3) is 0 Å². The summed E-state index contributed by atoms with van der Waals surface area (Å²) in [6.07, 6.45) is 32.7. The molecule has 0 spiro atoms. The highest BCUT2D eigenvalue weighted by Gasteiger charge is 2.28. The summed E-state index contributed by atoms with van der Waals surface area (Å²) < 4.78 is 0. The normalized spacial score (nSPS) is 21.8. The molecular formula is C40H62O8. The van der Waals surface area contributed by atoms with Gasteiger partial charge < -0.3 is 20.4 Å². The molecule has 0 aromatic heterocycles. The lowest BCUT2D eigenvalue weighted by Gasteiger charge is -2.15. The number of hydrogen-bond donors (Lipinski definition) is 4. The highest BCUT2D eigenvalue weighted by atomic mass is 16.4. The predicted molar refractivity (Wildman–Crippen MR) is 191 cm³/mol. The molecule has 2 aliphatic carbocycles. The molecule has 4 N–H and O–H groups in total. The van der Waals surface area contributed by atoms with Crippen molar-refractivity contribution in [1.29, 1.82) is 0 Å². The number of rotatable bonds is 25. The van der Waals surface area contributed by atoms with Crippen molar-refractivity contribution in [3.63, 3.8) is 0 Å². The van der Waals surface area contributed by atoms with Crippen LogP contribution >= 0.6 is 0 Å². The van der Waals surface area contributed by atoms with Gasteiger partial charge in [0, 0.05) is 36.5 Å². The third-order valence-electron chi connectivity index (χ3n) is 8.92. The monoisotopic (exact) mass is 670 g/mol. The van der Waals surface area contributed by atoms with Crippen LogP contribution in [0.2, 0.25) is 0 Å². The topological polar surface area (TPSA) is 149 Å². The number of aliphatic hydroxyl groups is 2. The van der Waals surface area contributed by atoms with Gasteiger partial charge in [-0.05, 0) is 57.1 Å². The molecule has 0 fully saturated rings. The van der Waals surface area contributed by atoms with Crippen molar-refractivity contribution in [2.24, 2.45) is 23.7 Å². The van der Waals surface area contributed by atoms with Crippen molar-refractivity contribution < 1.29 is 39.6 Å². The van der Waals surface area contributed by atoms with Gasteiger partial charge in [0.2, 0.25) is 0 Å². The van der Waals surface area contributed by atoms with Crippen molar-refractivity contribution in [3.05, 3.63) is 60.8 Å². The summed E-state index contributed by atoms with van der Waals surface area (Å²) in [4.78, 5) is 44.8. The summed E-state index contributed by atoms with van der Waals surface area (Å²) in [5.41, 5.74) is 0. The van der Waals surface area contributed by atoms with Crippen molar-refractivity contribution >= 4 is 23.5 Å². The zero-order valence-electron chi connectivity index (χ0n) is 29.4. The van der Waals surface area contributed by atoms with E-state index >= 15 is 0 Å². The van der Waals surface area contributed by atoms with Gasteiger partial charge in [0.25, 0.3) is 0 Å². The molecule has 0 aliphatic heterocycles. The molecule has 0 aromatic rings. The zero-order valence-corrected chi connectivity index (χ0v) is 29.4. The van der Waals surface area contributed by atoms with Crippen LogP contribution in [0.3, 0.4) is 0 Å². The summed E-state index contributed by atoms with van der Waals surface area (Å²) in [6.45, 7) is 4.28. The van der Waals surface area contributed by atoms with E-state index in [0.717, 1.165) is 83.5 Å². The maximum atomic E-state index is 12.0. The molecule has 2 rings (SSSR count). The Hall–Kier alpha value is -3.10. The Balaban J connectivity index is 0.000000480. The van der Waals surface area contributed by atoms with Crippen LogP contribution in [0.15, 0.2) is 60.8 Å². The van der Waals surface area contributed by atoms with Crippen molar-refractivity contribution in [1.82, 2.24) is 0 Å². The maximum absolute atomic E-state index is 12.0. The fraction of sp³-hybridized carbons (Fsp3) is 0.650. The van der Waals surface area contributed by atoms with Gasteiger partial charge in [-0.3, -0.25) is 19.2 Å². The summed E-state index contributed by atoms with van der Waals surface area (Å²) in [6, 6.07) is 0. The number of carbonyl (C=O) groups is 4. The minimum Gasteiger partial charge on any atom is -0.481 e. The Morgan fingerprint density at radius 3 is 1.71 bits per heavy atom. The molecule has 8 nitrogen and oxygen atoms in total. The van der Waals surface area contributed by atoms with E-state index in [9.17, 15) is 29.4 Å². The van der Waals surface area contributed by atoms with Gasteiger partial charge in [0.15, 0.2) is 11.6 Å². The van der Waals surface area contributed by atoms with E-state index in [1.54, 1.807) is 12.2 Å². The molecule has 0 saturated carbocycles. The number of allylic oxidation sites excluding steroid dienone is 8. The molecule has 270 valence electrons. The number of hydrogen-bond acceptors (Lipinski definition) is 6. The predicted octanol–water partition coefficient (Wildman–Crippen LogP) is 8.34. The molecule has 48 heavy (non-hydrogen) atoms. The fourth-order valence-electron chi connectivity index (χ4n) is 5.95. The SMILES string of the molecule is CCCCC[C@H](O)/C=C/[C@H]1C=CC(=O)[C@@H]1C/C=C\CCCC(=O)O.CCCCC[C@H](O)/C=C/[C@H]1C=CC(=O)[C@@H]1CCCCCCC(=O)O. The van der Waals surface area contributed by atoms with Gasteiger partial charge in [-0.1, -0.05) is 120 Å². The first-order chi connectivity index (χ1) is 23.1. The molecule has 0 heterocycles. The number of carboxylic acids is 2. The second-order valence-corrected chi connectivity index (χ2v) is 13.1. The second-order valence-electron chi connectivity index (χ2n) is 13.1. The highest BCUT2D eigenvalue weighted by Crippen LogP contribution is 2.29. The molecule has 0 bridgehead atoms. The van der Waals surface area contributed by atoms with Crippen LogP contribution in [-0.2, 0) is 19.2 Å². The number of carboxylic acid groups (broad SMARTS) is 2. The summed E-state index contributed by atoms with van der Waals surface area (Å²) in [5.74, 6) is -1.19. The average molecular weight is 671 g/mol. The second kappa shape index (κ2) is 26.8. The van der Waals surface area contributed by atoms with E-state index in [1.165, 1.54) is 0 Å². The first-order valence-electron chi connectivity index (χ1n) is 18.3. The first-order valence-corrected chi connectivity index (χ1v) is 18.3. The molecule has 6 atom stereocenters. The minimum absolute atomic E-state index is 0.0106. The number of aliphatic hydroxyl groups excluding tert-OH is 2. The number of aliphatic carboxylic acids is 2. The minimum atomic E-state index is -0.777. The summed E-state index contributed by atoms with van der Waals surface area (Å²) >= 11 is 0. The molecule has 0 unspecified atom stereocenters. The lowest BCUT2D eigenvalue weighted by Crippen LogP contribution is -2.15. The molecule has 8 heteroatoms. The van der Waals surface area contributed by atoms with E-state index in [2.05, 4.69) is 13.8 Å². The lowest BCUT2D eigenvalue weighted by molar-refractivity contribution is -0.138. The van der Waals surface area contributed by atoms with Crippen LogP contribution in [0.1, 0.15) is 129 Å². The fourth-order valence-corrected chi connectivity index (χ4v) is 5.95. The smallest absolute Gasteiger partial charge is 0.303 e. The lowest BCUT2D eigenvalue weighted by atomic mass is 9.88. The first kappa shape index (κ1) is 42.9. The molecule has 2 aliphatic rings. The Labute approximate surface area is 288 Å². The number of unbranched alkanes of at least 4 members (excludes halogenated alkanes) is 8. The Bertz CT molecular complexity index is 1080. The van der Waals surface area contributed by atoms with Crippen LogP contribution in [0.4, 0.5) is 0 Å². The Morgan fingerprint density at radius 1 is 0.667 bits per heavy atom. The van der Waals surface area contributed by atoms with E-state index < -0.39 is 24.1 Å². The number of carbonyl (C=O) groups excluding carboxylic acids is 2. The van der Waals surface area contributed by atoms with Crippen molar-refractivity contribution in [3.8, 4) is 0 Å². The maximum Gasteiger partial charge on any atom is 0.303 e. The quantitative estimate of drug-likeness (QED) is 0.0559. The van der Waals surface area contributed by atoms with E-state index in [4.69, 9.17) is 10.2 Å². The Kier molecular flexibility index (Phi) is 24.0. The van der Waals surface area contributed by atoms with Gasteiger partial charge in [-0.25, -0.2) is 0 Å².